The van der Waals surface area contributed by atoms with Gasteiger partial charge in [0, 0.05) is 37.9 Å². The second-order valence-electron chi connectivity index (χ2n) is 13.5. The van der Waals surface area contributed by atoms with Crippen LogP contribution >= 0.6 is 0 Å². The van der Waals surface area contributed by atoms with E-state index in [0.29, 0.717) is 19.8 Å². The van der Waals surface area contributed by atoms with Crippen LogP contribution in [0, 0.1) is 0 Å². The van der Waals surface area contributed by atoms with Crippen molar-refractivity contribution in [2.24, 2.45) is 0 Å². The molecule has 5 rings (SSSR count). The fourth-order valence-electron chi connectivity index (χ4n) is 5.16. The maximum Gasteiger partial charge on any atom is 0.250 e. The van der Waals surface area contributed by atoms with Gasteiger partial charge in [-0.05, 0) is 80.9 Å². The zero-order valence-electron chi connectivity index (χ0n) is 27.4. The first-order valence-corrected chi connectivity index (χ1v) is 19.1. The lowest BCUT2D eigenvalue weighted by Crippen LogP contribution is -2.43. The minimum absolute atomic E-state index is 0.0575. The van der Waals surface area contributed by atoms with Crippen LogP contribution in [-0.2, 0) is 27.4 Å². The molecule has 0 saturated carbocycles. The third-order valence-electron chi connectivity index (χ3n) is 8.91. The molecule has 9 heteroatoms. The van der Waals surface area contributed by atoms with Crippen molar-refractivity contribution in [2.75, 3.05) is 19.8 Å². The van der Waals surface area contributed by atoms with Crippen LogP contribution in [0.4, 0.5) is 0 Å². The molecule has 1 fully saturated rings. The number of aromatic nitrogens is 4. The quantitative estimate of drug-likeness (QED) is 0.104. The van der Waals surface area contributed by atoms with Gasteiger partial charge in [0.15, 0.2) is 6.23 Å². The predicted molar refractivity (Wildman–Crippen MR) is 178 cm³/mol. The molecule has 1 aliphatic rings. The van der Waals surface area contributed by atoms with Crippen LogP contribution in [0.3, 0.4) is 0 Å². The average Bonchev–Trinajstić information content (AvgIpc) is 3.62. The highest BCUT2D eigenvalue weighted by molar-refractivity contribution is 6.74. The van der Waals surface area contributed by atoms with Gasteiger partial charge in [0.1, 0.15) is 17.1 Å². The van der Waals surface area contributed by atoms with E-state index in [-0.39, 0.29) is 17.4 Å². The summed E-state index contributed by atoms with van der Waals surface area (Å²) in [5, 5.41) is 6.25. The standard InChI is InChI=1S/C35H50N4O4Si/c1-27(42-25-28-13-8-7-9-14-28)18-22-40-20-12-19-38-24-31(36-26-38)34-30-23-29(43-44(5,6)35(2,3)4)16-17-32(30)39(37-34)33-15-10-11-21-41-33/h7-9,13-14,16-17,23-24,26-27,33H,10-12,15,18-22,25H2,1-6H3. The molecule has 2 aromatic carbocycles. The van der Waals surface area contributed by atoms with Gasteiger partial charge in [-0.15, -0.1) is 0 Å². The second kappa shape index (κ2) is 14.4. The molecule has 0 bridgehead atoms. The van der Waals surface area contributed by atoms with Gasteiger partial charge in [0.2, 0.25) is 8.32 Å². The fourth-order valence-corrected chi connectivity index (χ4v) is 6.18. The zero-order valence-corrected chi connectivity index (χ0v) is 28.4. The van der Waals surface area contributed by atoms with Gasteiger partial charge in [-0.1, -0.05) is 51.1 Å². The number of hydrogen-bond acceptors (Lipinski definition) is 6. The number of nitrogens with zero attached hydrogens (tertiary/aromatic N) is 4. The Labute approximate surface area is 263 Å². The summed E-state index contributed by atoms with van der Waals surface area (Å²) in [6, 6.07) is 16.6. The second-order valence-corrected chi connectivity index (χ2v) is 18.2. The Balaban J connectivity index is 1.20. The molecule has 8 nitrogen and oxygen atoms in total. The van der Waals surface area contributed by atoms with Crippen molar-refractivity contribution >= 4 is 19.2 Å². The zero-order chi connectivity index (χ0) is 31.2. The average molecular weight is 619 g/mol. The van der Waals surface area contributed by atoms with Crippen LogP contribution in [0.2, 0.25) is 18.1 Å². The van der Waals surface area contributed by atoms with Gasteiger partial charge >= 0.3 is 0 Å². The maximum absolute atomic E-state index is 6.68. The van der Waals surface area contributed by atoms with E-state index < -0.39 is 8.32 Å². The Hall–Kier alpha value is -2.98. The molecule has 0 aliphatic carbocycles. The number of fused-ring (bicyclic) bond motifs is 1. The Morgan fingerprint density at radius 2 is 1.89 bits per heavy atom. The molecule has 2 aromatic heterocycles. The van der Waals surface area contributed by atoms with Crippen molar-refractivity contribution < 1.29 is 18.6 Å². The minimum atomic E-state index is -1.99. The van der Waals surface area contributed by atoms with Crippen molar-refractivity contribution in [1.82, 2.24) is 19.3 Å². The van der Waals surface area contributed by atoms with E-state index in [1.54, 1.807) is 0 Å². The summed E-state index contributed by atoms with van der Waals surface area (Å²) in [4.78, 5) is 4.78. The van der Waals surface area contributed by atoms with Crippen LogP contribution in [0.1, 0.15) is 71.6 Å². The first-order chi connectivity index (χ1) is 21.1. The molecule has 4 aromatic rings. The predicted octanol–water partition coefficient (Wildman–Crippen LogP) is 8.39. The lowest BCUT2D eigenvalue weighted by atomic mass is 10.1. The van der Waals surface area contributed by atoms with Gasteiger partial charge in [-0.2, -0.15) is 5.10 Å². The monoisotopic (exact) mass is 618 g/mol. The van der Waals surface area contributed by atoms with Crippen molar-refractivity contribution in [1.29, 1.82) is 0 Å². The van der Waals surface area contributed by atoms with E-state index >= 15 is 0 Å². The van der Waals surface area contributed by atoms with E-state index in [0.717, 1.165) is 73.3 Å². The largest absolute Gasteiger partial charge is 0.543 e. The molecule has 0 spiro atoms. The van der Waals surface area contributed by atoms with E-state index in [9.17, 15) is 0 Å². The maximum atomic E-state index is 6.68. The first-order valence-electron chi connectivity index (χ1n) is 16.2. The van der Waals surface area contributed by atoms with Crippen LogP contribution in [0.15, 0.2) is 61.1 Å². The van der Waals surface area contributed by atoms with Crippen molar-refractivity contribution in [3.63, 3.8) is 0 Å². The van der Waals surface area contributed by atoms with Gasteiger partial charge in [0.05, 0.1) is 24.6 Å². The summed E-state index contributed by atoms with van der Waals surface area (Å²) in [6.45, 7) is 17.1. The first kappa shape index (κ1) is 32.4. The van der Waals surface area contributed by atoms with Gasteiger partial charge in [0.25, 0.3) is 0 Å². The number of benzene rings is 2. The van der Waals surface area contributed by atoms with Crippen molar-refractivity contribution in [2.45, 2.75) is 103 Å². The minimum Gasteiger partial charge on any atom is -0.543 e. The summed E-state index contributed by atoms with van der Waals surface area (Å²) in [5.74, 6) is 0.894. The highest BCUT2D eigenvalue weighted by atomic mass is 28.4. The van der Waals surface area contributed by atoms with Gasteiger partial charge in [-0.25, -0.2) is 9.67 Å². The summed E-state index contributed by atoms with van der Waals surface area (Å²) in [5.41, 5.74) is 3.98. The third-order valence-corrected chi connectivity index (χ3v) is 13.3. The van der Waals surface area contributed by atoms with E-state index in [1.165, 1.54) is 5.56 Å². The van der Waals surface area contributed by atoms with E-state index in [2.05, 4.69) is 86.6 Å². The van der Waals surface area contributed by atoms with Crippen molar-refractivity contribution in [3.8, 4) is 17.1 Å². The fraction of sp³-hybridized carbons (Fsp3) is 0.543. The lowest BCUT2D eigenvalue weighted by Gasteiger charge is -2.36. The van der Waals surface area contributed by atoms with Crippen LogP contribution in [0.25, 0.3) is 22.3 Å². The van der Waals surface area contributed by atoms with Crippen LogP contribution in [-0.4, -0.2) is 53.6 Å². The molecule has 238 valence electrons. The summed E-state index contributed by atoms with van der Waals surface area (Å²) >= 11 is 0. The third kappa shape index (κ3) is 8.18. The molecule has 1 aliphatic heterocycles. The molecule has 44 heavy (non-hydrogen) atoms. The van der Waals surface area contributed by atoms with E-state index in [4.69, 9.17) is 28.7 Å². The smallest absolute Gasteiger partial charge is 0.250 e. The number of rotatable bonds is 14. The highest BCUT2D eigenvalue weighted by Gasteiger charge is 2.39. The molecule has 2 unspecified atom stereocenters. The van der Waals surface area contributed by atoms with E-state index in [1.807, 2.05) is 24.5 Å². The summed E-state index contributed by atoms with van der Waals surface area (Å²) in [7, 11) is -1.99. The molecule has 3 heterocycles. The molecule has 0 amide bonds. The highest BCUT2D eigenvalue weighted by Crippen LogP contribution is 2.39. The lowest BCUT2D eigenvalue weighted by molar-refractivity contribution is -0.0365. The molecule has 0 radical (unpaired) electrons. The van der Waals surface area contributed by atoms with Crippen molar-refractivity contribution in [3.05, 3.63) is 66.6 Å². The molecule has 0 N–H and O–H groups in total. The van der Waals surface area contributed by atoms with Gasteiger partial charge < -0.3 is 23.2 Å². The topological polar surface area (TPSA) is 72.6 Å². The number of imidazole rings is 1. The molecule has 2 atom stereocenters. The Morgan fingerprint density at radius 1 is 1.07 bits per heavy atom. The Morgan fingerprint density at radius 3 is 2.64 bits per heavy atom. The normalized spacial score (nSPS) is 16.8. The molecule has 1 saturated heterocycles. The van der Waals surface area contributed by atoms with Crippen LogP contribution in [0.5, 0.6) is 5.75 Å². The SMILES string of the molecule is CC(CCOCCCn1cnc(-c2nn(C3CCCCO3)c3ccc(O[Si](C)(C)C(C)(C)C)cc23)c1)OCc1ccccc1. The van der Waals surface area contributed by atoms with Gasteiger partial charge in [-0.3, -0.25) is 0 Å². The Bertz CT molecular complexity index is 1470. The van der Waals surface area contributed by atoms with Crippen LogP contribution < -0.4 is 4.43 Å². The summed E-state index contributed by atoms with van der Waals surface area (Å²) in [6.07, 6.45) is 9.08. The number of hydrogen-bond donors (Lipinski definition) is 0. The molecular formula is C35H50N4O4Si. The molecular weight excluding hydrogens is 568 g/mol. The Kier molecular flexibility index (Phi) is 10.6. The number of ether oxygens (including phenoxy) is 3. The number of aryl methyl sites for hydroxylation is 1. The summed E-state index contributed by atoms with van der Waals surface area (Å²) < 4.78 is 28.9.